The molecule has 3 aromatic rings. The average molecular weight is 486 g/mol. The number of fused-ring (bicyclic) bond motifs is 1. The lowest BCUT2D eigenvalue weighted by Crippen LogP contribution is -2.49. The van der Waals surface area contributed by atoms with Gasteiger partial charge in [0.25, 0.3) is 5.56 Å². The highest BCUT2D eigenvalue weighted by Crippen LogP contribution is 2.34. The van der Waals surface area contributed by atoms with Crippen LogP contribution < -0.4 is 10.5 Å². The molecule has 0 radical (unpaired) electrons. The zero-order chi connectivity index (χ0) is 23.6. The Bertz CT molecular complexity index is 1180. The first-order chi connectivity index (χ1) is 15.7. The van der Waals surface area contributed by atoms with Crippen molar-refractivity contribution < 1.29 is 22.7 Å². The highest BCUT2D eigenvalue weighted by molar-refractivity contribution is 7.15. The number of H-pyrrole nitrogens is 1. The number of alkyl halides is 3. The number of hydrogen-bond donors (Lipinski definition) is 1. The van der Waals surface area contributed by atoms with Crippen LogP contribution in [-0.4, -0.2) is 80.4 Å². The number of carbonyl (C=O) groups is 1. The van der Waals surface area contributed by atoms with Gasteiger partial charge in [-0.1, -0.05) is 11.3 Å². The van der Waals surface area contributed by atoms with Crippen molar-refractivity contribution in [3.8, 4) is 0 Å². The van der Waals surface area contributed by atoms with Gasteiger partial charge in [-0.25, -0.2) is 5.10 Å². The number of amides is 1. The maximum Gasteiger partial charge on any atom is 0.445 e. The molecule has 33 heavy (non-hydrogen) atoms. The number of nitrogens with one attached hydrogen (secondary N) is 1. The van der Waals surface area contributed by atoms with Crippen molar-refractivity contribution in [2.45, 2.75) is 26.1 Å². The molecule has 1 saturated heterocycles. The summed E-state index contributed by atoms with van der Waals surface area (Å²) in [7, 11) is 0. The van der Waals surface area contributed by atoms with Crippen molar-refractivity contribution in [1.29, 1.82) is 0 Å². The van der Waals surface area contributed by atoms with Crippen LogP contribution >= 0.6 is 11.3 Å². The van der Waals surface area contributed by atoms with Gasteiger partial charge in [-0.15, -0.1) is 10.2 Å². The number of halogens is 3. The third-order valence-electron chi connectivity index (χ3n) is 5.21. The largest absolute Gasteiger partial charge is 0.445 e. The van der Waals surface area contributed by atoms with Gasteiger partial charge in [0.2, 0.25) is 16.0 Å². The van der Waals surface area contributed by atoms with Gasteiger partial charge in [0.1, 0.15) is 0 Å². The molecule has 0 unspecified atom stereocenters. The number of ether oxygens (including phenoxy) is 1. The molecular weight excluding hydrogens is 465 g/mol. The molecule has 4 rings (SSSR count). The van der Waals surface area contributed by atoms with Crippen LogP contribution in [0.3, 0.4) is 0 Å². The summed E-state index contributed by atoms with van der Waals surface area (Å²) in [5.74, 6) is -0.0842. The number of hydrogen-bond acceptors (Lipinski definition) is 9. The second-order valence-corrected chi connectivity index (χ2v) is 8.34. The zero-order valence-corrected chi connectivity index (χ0v) is 18.4. The normalized spacial score (nSPS) is 14.9. The Morgan fingerprint density at radius 2 is 1.97 bits per heavy atom. The standard InChI is InChI=1S/C18H21F3N8O3S/c1-11-14-12(10-22-23-15(14)31)29(26-11)7-9-32-8-2-13(30)27-3-5-28(6-4-27)17-25-24-16(33-17)18(19,20)21/h10H,2-9H2,1H3,(H,23,31). The fourth-order valence-electron chi connectivity index (χ4n) is 3.57. The van der Waals surface area contributed by atoms with E-state index in [2.05, 4.69) is 25.5 Å². The fraction of sp³-hybridized carbons (Fsp3) is 0.556. The van der Waals surface area contributed by atoms with Gasteiger partial charge in [-0.3, -0.25) is 14.3 Å². The average Bonchev–Trinajstić information content (AvgIpc) is 3.40. The minimum Gasteiger partial charge on any atom is -0.379 e. The van der Waals surface area contributed by atoms with Gasteiger partial charge < -0.3 is 14.5 Å². The molecule has 178 valence electrons. The lowest BCUT2D eigenvalue weighted by Gasteiger charge is -2.34. The minimum absolute atomic E-state index is 0.0842. The lowest BCUT2D eigenvalue weighted by atomic mass is 10.3. The summed E-state index contributed by atoms with van der Waals surface area (Å²) in [6.45, 7) is 4.23. The number of rotatable bonds is 7. The molecule has 1 amide bonds. The maximum atomic E-state index is 12.7. The first-order valence-corrected chi connectivity index (χ1v) is 11.0. The highest BCUT2D eigenvalue weighted by atomic mass is 32.1. The van der Waals surface area contributed by atoms with E-state index in [0.29, 0.717) is 67.3 Å². The summed E-state index contributed by atoms with van der Waals surface area (Å²) >= 11 is 0.501. The summed E-state index contributed by atoms with van der Waals surface area (Å²) in [6, 6.07) is 0. The molecule has 1 fully saturated rings. The van der Waals surface area contributed by atoms with Gasteiger partial charge in [-0.05, 0) is 6.92 Å². The molecule has 0 spiro atoms. The van der Waals surface area contributed by atoms with Crippen LogP contribution in [0.5, 0.6) is 0 Å². The molecular formula is C18H21F3N8O3S. The smallest absolute Gasteiger partial charge is 0.379 e. The van der Waals surface area contributed by atoms with Crippen molar-refractivity contribution in [2.75, 3.05) is 44.3 Å². The van der Waals surface area contributed by atoms with Crippen molar-refractivity contribution >= 4 is 33.3 Å². The number of aromatic amines is 1. The molecule has 15 heteroatoms. The Morgan fingerprint density at radius 1 is 1.21 bits per heavy atom. The minimum atomic E-state index is -4.51. The molecule has 3 aromatic heterocycles. The Kier molecular flexibility index (Phi) is 6.60. The van der Waals surface area contributed by atoms with Crippen LogP contribution in [0.1, 0.15) is 17.1 Å². The molecule has 0 saturated carbocycles. The topological polar surface area (TPSA) is 122 Å². The van der Waals surface area contributed by atoms with Crippen molar-refractivity contribution in [3.05, 3.63) is 27.3 Å². The number of carbonyl (C=O) groups excluding carboxylic acids is 1. The Balaban J connectivity index is 1.19. The SMILES string of the molecule is Cc1nn(CCOCCC(=O)N2CCN(c3nnc(C(F)(F)F)s3)CC2)c2cn[nH]c(=O)c12. The second kappa shape index (κ2) is 9.43. The first-order valence-electron chi connectivity index (χ1n) is 10.2. The van der Waals surface area contributed by atoms with Gasteiger partial charge >= 0.3 is 6.18 Å². The van der Waals surface area contributed by atoms with Crippen LogP contribution in [0.15, 0.2) is 11.0 Å². The van der Waals surface area contributed by atoms with Crippen LogP contribution in [0, 0.1) is 6.92 Å². The molecule has 1 aliphatic rings. The van der Waals surface area contributed by atoms with E-state index < -0.39 is 11.2 Å². The van der Waals surface area contributed by atoms with Crippen molar-refractivity contribution in [1.82, 2.24) is 35.1 Å². The third kappa shape index (κ3) is 5.13. The van der Waals surface area contributed by atoms with E-state index in [1.807, 2.05) is 0 Å². The van der Waals surface area contributed by atoms with Crippen LogP contribution in [0.2, 0.25) is 0 Å². The van der Waals surface area contributed by atoms with Crippen LogP contribution in [-0.2, 0) is 22.3 Å². The van der Waals surface area contributed by atoms with E-state index in [9.17, 15) is 22.8 Å². The predicted octanol–water partition coefficient (Wildman–Crippen LogP) is 1.05. The van der Waals surface area contributed by atoms with Crippen molar-refractivity contribution in [3.63, 3.8) is 0 Å². The van der Waals surface area contributed by atoms with Gasteiger partial charge in [-0.2, -0.15) is 23.4 Å². The number of aryl methyl sites for hydroxylation is 1. The lowest BCUT2D eigenvalue weighted by molar-refractivity contribution is -0.138. The van der Waals surface area contributed by atoms with Crippen LogP contribution in [0.4, 0.5) is 18.3 Å². The molecule has 0 bridgehead atoms. The summed E-state index contributed by atoms with van der Waals surface area (Å²) in [5.41, 5.74) is 0.924. The summed E-state index contributed by atoms with van der Waals surface area (Å²) in [6.07, 6.45) is -2.78. The van der Waals surface area contributed by atoms with Gasteiger partial charge in [0.05, 0.1) is 49.0 Å². The molecule has 0 aromatic carbocycles. The monoisotopic (exact) mass is 486 g/mol. The van der Waals surface area contributed by atoms with E-state index >= 15 is 0 Å². The highest BCUT2D eigenvalue weighted by Gasteiger charge is 2.36. The molecule has 4 heterocycles. The van der Waals surface area contributed by atoms with Gasteiger partial charge in [0, 0.05) is 26.2 Å². The Labute approximate surface area is 189 Å². The van der Waals surface area contributed by atoms with E-state index in [-0.39, 0.29) is 29.6 Å². The molecule has 11 nitrogen and oxygen atoms in total. The molecule has 0 aliphatic carbocycles. The number of piperazine rings is 1. The molecule has 1 N–H and O–H groups in total. The first kappa shape index (κ1) is 23.1. The van der Waals surface area contributed by atoms with Crippen molar-refractivity contribution in [2.24, 2.45) is 0 Å². The van der Waals surface area contributed by atoms with E-state index in [1.165, 1.54) is 6.20 Å². The molecule has 0 atom stereocenters. The second-order valence-electron chi connectivity index (χ2n) is 7.39. The predicted molar refractivity (Wildman–Crippen MR) is 112 cm³/mol. The quantitative estimate of drug-likeness (QED) is 0.492. The van der Waals surface area contributed by atoms with Gasteiger partial charge in [0.15, 0.2) is 0 Å². The van der Waals surface area contributed by atoms with E-state index in [4.69, 9.17) is 4.74 Å². The summed E-state index contributed by atoms with van der Waals surface area (Å²) in [4.78, 5) is 27.6. The Hall–Kier alpha value is -3.07. The van der Waals surface area contributed by atoms with E-state index in [1.54, 1.807) is 21.4 Å². The molecule has 1 aliphatic heterocycles. The summed E-state index contributed by atoms with van der Waals surface area (Å²) in [5, 5.41) is 17.0. The maximum absolute atomic E-state index is 12.7. The van der Waals surface area contributed by atoms with E-state index in [0.717, 1.165) is 0 Å². The number of nitrogens with zero attached hydrogens (tertiary/aromatic N) is 7. The number of anilines is 1. The zero-order valence-electron chi connectivity index (χ0n) is 17.6. The van der Waals surface area contributed by atoms with Crippen LogP contribution in [0.25, 0.3) is 10.9 Å². The number of aromatic nitrogens is 6. The summed E-state index contributed by atoms with van der Waals surface area (Å²) < 4.78 is 45.3. The Morgan fingerprint density at radius 3 is 2.67 bits per heavy atom. The fourth-order valence-corrected chi connectivity index (χ4v) is 4.33. The third-order valence-corrected chi connectivity index (χ3v) is 6.24.